The molecule has 102 valence electrons. The van der Waals surface area contributed by atoms with E-state index in [9.17, 15) is 4.79 Å². The minimum Gasteiger partial charge on any atom is -0.354 e. The highest BCUT2D eigenvalue weighted by Gasteiger charge is 2.45. The maximum absolute atomic E-state index is 12.0. The van der Waals surface area contributed by atoms with Crippen molar-refractivity contribution in [2.24, 2.45) is 0 Å². The molecule has 0 radical (unpaired) electrons. The molecule has 1 heterocycles. The van der Waals surface area contributed by atoms with Crippen molar-refractivity contribution >= 4 is 33.6 Å². The Bertz CT molecular complexity index is 484. The van der Waals surface area contributed by atoms with Gasteiger partial charge >= 0.3 is 0 Å². The van der Waals surface area contributed by atoms with Crippen LogP contribution >= 0.6 is 27.7 Å². The van der Waals surface area contributed by atoms with Gasteiger partial charge in [0.25, 0.3) is 0 Å². The second-order valence-corrected chi connectivity index (χ2v) is 7.13. The molecule has 2 fully saturated rings. The SMILES string of the molecule is O=C(NCC1(c2ccccc2Br)CC1)C1CSCN1. The van der Waals surface area contributed by atoms with E-state index in [4.69, 9.17) is 0 Å². The molecule has 19 heavy (non-hydrogen) atoms. The Morgan fingerprint density at radius 3 is 2.89 bits per heavy atom. The Kier molecular flexibility index (Phi) is 3.87. The van der Waals surface area contributed by atoms with Crippen molar-refractivity contribution in [1.29, 1.82) is 0 Å². The van der Waals surface area contributed by atoms with Gasteiger partial charge in [0, 0.05) is 28.1 Å². The van der Waals surface area contributed by atoms with Crippen LogP contribution in [-0.2, 0) is 10.2 Å². The third-order valence-corrected chi connectivity index (χ3v) is 5.56. The van der Waals surface area contributed by atoms with Gasteiger partial charge in [-0.1, -0.05) is 34.1 Å². The average Bonchev–Trinajstić information content (AvgIpc) is 3.00. The zero-order valence-corrected chi connectivity index (χ0v) is 13.0. The fraction of sp³-hybridized carbons (Fsp3) is 0.500. The molecule has 3 rings (SSSR count). The van der Waals surface area contributed by atoms with Crippen LogP contribution in [0.15, 0.2) is 28.7 Å². The first-order valence-electron chi connectivity index (χ1n) is 6.55. The van der Waals surface area contributed by atoms with Crippen LogP contribution in [0.3, 0.4) is 0 Å². The van der Waals surface area contributed by atoms with Gasteiger partial charge in [0.05, 0.1) is 6.04 Å². The van der Waals surface area contributed by atoms with Gasteiger partial charge in [-0.2, -0.15) is 0 Å². The van der Waals surface area contributed by atoms with Gasteiger partial charge in [-0.3, -0.25) is 10.1 Å². The molecule has 1 aliphatic carbocycles. The van der Waals surface area contributed by atoms with Crippen molar-refractivity contribution in [1.82, 2.24) is 10.6 Å². The highest BCUT2D eigenvalue weighted by atomic mass is 79.9. The summed E-state index contributed by atoms with van der Waals surface area (Å²) in [5.41, 5.74) is 1.48. The Morgan fingerprint density at radius 2 is 2.26 bits per heavy atom. The van der Waals surface area contributed by atoms with E-state index in [0.29, 0.717) is 0 Å². The summed E-state index contributed by atoms with van der Waals surface area (Å²) in [6.45, 7) is 0.747. The minimum atomic E-state index is -0.0139. The van der Waals surface area contributed by atoms with E-state index < -0.39 is 0 Å². The third kappa shape index (κ3) is 2.83. The molecule has 1 saturated heterocycles. The number of benzene rings is 1. The van der Waals surface area contributed by atoms with E-state index in [1.54, 1.807) is 11.8 Å². The third-order valence-electron chi connectivity index (χ3n) is 3.93. The summed E-state index contributed by atoms with van der Waals surface area (Å²) in [5.74, 6) is 1.91. The molecule has 0 aromatic heterocycles. The number of carbonyl (C=O) groups is 1. The first-order chi connectivity index (χ1) is 9.21. The van der Waals surface area contributed by atoms with Crippen molar-refractivity contribution in [2.75, 3.05) is 18.2 Å². The van der Waals surface area contributed by atoms with E-state index in [-0.39, 0.29) is 17.4 Å². The van der Waals surface area contributed by atoms with Crippen LogP contribution in [0.5, 0.6) is 0 Å². The molecule has 1 unspecified atom stereocenters. The molecule has 1 atom stereocenters. The Labute approximate surface area is 126 Å². The lowest BCUT2D eigenvalue weighted by Crippen LogP contribution is -2.44. The number of rotatable bonds is 4. The Balaban J connectivity index is 1.63. The number of halogens is 1. The van der Waals surface area contributed by atoms with Crippen LogP contribution in [-0.4, -0.2) is 30.1 Å². The van der Waals surface area contributed by atoms with Crippen molar-refractivity contribution in [2.45, 2.75) is 24.3 Å². The summed E-state index contributed by atoms with van der Waals surface area (Å²) in [4.78, 5) is 12.0. The smallest absolute Gasteiger partial charge is 0.238 e. The lowest BCUT2D eigenvalue weighted by atomic mass is 9.96. The molecule has 3 nitrogen and oxygen atoms in total. The van der Waals surface area contributed by atoms with Crippen LogP contribution < -0.4 is 10.6 Å². The van der Waals surface area contributed by atoms with Gasteiger partial charge in [-0.25, -0.2) is 0 Å². The summed E-state index contributed by atoms with van der Waals surface area (Å²) in [6.07, 6.45) is 2.31. The normalized spacial score (nSPS) is 24.2. The number of nitrogens with one attached hydrogen (secondary N) is 2. The summed E-state index contributed by atoms with van der Waals surface area (Å²) >= 11 is 5.40. The van der Waals surface area contributed by atoms with Gasteiger partial charge < -0.3 is 5.32 Å². The number of amides is 1. The monoisotopic (exact) mass is 340 g/mol. The van der Waals surface area contributed by atoms with E-state index >= 15 is 0 Å². The fourth-order valence-corrected chi connectivity index (χ4v) is 4.17. The number of hydrogen-bond donors (Lipinski definition) is 2. The van der Waals surface area contributed by atoms with Crippen molar-refractivity contribution in [3.05, 3.63) is 34.3 Å². The molecular weight excluding hydrogens is 324 g/mol. The molecule has 0 bridgehead atoms. The van der Waals surface area contributed by atoms with Crippen molar-refractivity contribution in [3.8, 4) is 0 Å². The zero-order valence-electron chi connectivity index (χ0n) is 10.6. The molecule has 1 aromatic rings. The van der Waals surface area contributed by atoms with Crippen molar-refractivity contribution in [3.63, 3.8) is 0 Å². The summed E-state index contributed by atoms with van der Waals surface area (Å²) in [5, 5.41) is 6.32. The summed E-state index contributed by atoms with van der Waals surface area (Å²) < 4.78 is 1.15. The summed E-state index contributed by atoms with van der Waals surface area (Å²) in [7, 11) is 0. The second-order valence-electron chi connectivity index (χ2n) is 5.25. The van der Waals surface area contributed by atoms with E-state index in [2.05, 4.69) is 44.8 Å². The van der Waals surface area contributed by atoms with Gasteiger partial charge in [0.15, 0.2) is 0 Å². The highest BCUT2D eigenvalue weighted by molar-refractivity contribution is 9.10. The molecule has 5 heteroatoms. The van der Waals surface area contributed by atoms with Crippen LogP contribution in [0.1, 0.15) is 18.4 Å². The van der Waals surface area contributed by atoms with Gasteiger partial charge in [0.2, 0.25) is 5.91 Å². The lowest BCUT2D eigenvalue weighted by Gasteiger charge is -2.19. The summed E-state index contributed by atoms with van der Waals surface area (Å²) in [6, 6.07) is 8.32. The molecule has 1 aromatic carbocycles. The molecule has 0 spiro atoms. The second kappa shape index (κ2) is 5.46. The maximum atomic E-state index is 12.0. The predicted molar refractivity (Wildman–Crippen MR) is 82.3 cm³/mol. The average molecular weight is 341 g/mol. The fourth-order valence-electron chi connectivity index (χ4n) is 2.53. The van der Waals surface area contributed by atoms with Crippen LogP contribution in [0, 0.1) is 0 Å². The lowest BCUT2D eigenvalue weighted by molar-refractivity contribution is -0.122. The van der Waals surface area contributed by atoms with E-state index in [0.717, 1.165) is 35.5 Å². The quantitative estimate of drug-likeness (QED) is 0.883. The van der Waals surface area contributed by atoms with Crippen molar-refractivity contribution < 1.29 is 4.79 Å². The number of carbonyl (C=O) groups excluding carboxylic acids is 1. The van der Waals surface area contributed by atoms with E-state index in [1.807, 2.05) is 6.07 Å². The minimum absolute atomic E-state index is 0.0139. The molecule has 1 aliphatic heterocycles. The molecule has 2 N–H and O–H groups in total. The first kappa shape index (κ1) is 13.5. The topological polar surface area (TPSA) is 41.1 Å². The Morgan fingerprint density at radius 1 is 1.47 bits per heavy atom. The highest BCUT2D eigenvalue weighted by Crippen LogP contribution is 2.49. The maximum Gasteiger partial charge on any atom is 0.238 e. The largest absolute Gasteiger partial charge is 0.354 e. The predicted octanol–water partition coefficient (Wildman–Crippen LogP) is 2.26. The number of thioether (sulfide) groups is 1. The molecule has 1 amide bonds. The van der Waals surface area contributed by atoms with Gasteiger partial charge in [-0.15, -0.1) is 11.8 Å². The van der Waals surface area contributed by atoms with E-state index in [1.165, 1.54) is 5.56 Å². The van der Waals surface area contributed by atoms with Gasteiger partial charge in [-0.05, 0) is 24.5 Å². The van der Waals surface area contributed by atoms with Crippen LogP contribution in [0.4, 0.5) is 0 Å². The number of hydrogen-bond acceptors (Lipinski definition) is 3. The molecule has 1 saturated carbocycles. The Hall–Kier alpha value is -0.520. The van der Waals surface area contributed by atoms with Crippen LogP contribution in [0.2, 0.25) is 0 Å². The molecule has 2 aliphatic rings. The van der Waals surface area contributed by atoms with Gasteiger partial charge in [0.1, 0.15) is 0 Å². The van der Waals surface area contributed by atoms with Crippen LogP contribution in [0.25, 0.3) is 0 Å². The standard InChI is InChI=1S/C14H17BrN2OS/c15-11-4-2-1-3-10(11)14(5-6-14)8-16-13(18)12-7-19-9-17-12/h1-4,12,17H,5-9H2,(H,16,18). The first-order valence-corrected chi connectivity index (χ1v) is 8.50. The molecular formula is C14H17BrN2OS. The zero-order chi connectivity index (χ0) is 13.3.